The highest BCUT2D eigenvalue weighted by molar-refractivity contribution is 5.15. The molecule has 0 N–H and O–H groups in total. The molecule has 0 amide bonds. The molecule has 17 heavy (non-hydrogen) atoms. The van der Waals surface area contributed by atoms with Crippen LogP contribution in [0.5, 0.6) is 0 Å². The number of rotatable bonds is 7. The fourth-order valence-corrected chi connectivity index (χ4v) is 2.14. The Labute approximate surface area is 105 Å². The van der Waals surface area contributed by atoms with Gasteiger partial charge in [-0.05, 0) is 38.4 Å². The van der Waals surface area contributed by atoms with Gasteiger partial charge in [0.15, 0.2) is 0 Å². The third-order valence-corrected chi connectivity index (χ3v) is 3.14. The van der Waals surface area contributed by atoms with E-state index in [4.69, 9.17) is 5.26 Å². The Morgan fingerprint density at radius 2 is 2.00 bits per heavy atom. The van der Waals surface area contributed by atoms with E-state index in [1.807, 2.05) is 0 Å². The fourth-order valence-electron chi connectivity index (χ4n) is 2.14. The second-order valence-electron chi connectivity index (χ2n) is 4.43. The summed E-state index contributed by atoms with van der Waals surface area (Å²) in [4.78, 5) is 2.45. The molecule has 1 atom stereocenters. The molecule has 0 aliphatic carbocycles. The van der Waals surface area contributed by atoms with E-state index >= 15 is 0 Å². The molecule has 0 radical (unpaired) electrons. The Kier molecular flexibility index (Phi) is 6.35. The predicted octanol–water partition coefficient (Wildman–Crippen LogP) is 3.24. The van der Waals surface area contributed by atoms with Gasteiger partial charge in [-0.1, -0.05) is 37.3 Å². The summed E-state index contributed by atoms with van der Waals surface area (Å²) in [7, 11) is 0. The van der Waals surface area contributed by atoms with Crippen molar-refractivity contribution in [2.75, 3.05) is 13.1 Å². The number of nitriles is 1. The summed E-state index contributed by atoms with van der Waals surface area (Å²) in [5.74, 6) is 0. The van der Waals surface area contributed by atoms with Crippen molar-refractivity contribution in [1.82, 2.24) is 4.90 Å². The Balaban J connectivity index is 2.43. The van der Waals surface area contributed by atoms with Crippen molar-refractivity contribution in [3.05, 3.63) is 35.9 Å². The van der Waals surface area contributed by atoms with Crippen LogP contribution >= 0.6 is 0 Å². The highest BCUT2D eigenvalue weighted by Crippen LogP contribution is 2.09. The summed E-state index contributed by atoms with van der Waals surface area (Å²) in [5, 5.41) is 8.56. The van der Waals surface area contributed by atoms with Gasteiger partial charge in [0.05, 0.1) is 6.07 Å². The van der Waals surface area contributed by atoms with Crippen LogP contribution in [-0.4, -0.2) is 24.0 Å². The summed E-state index contributed by atoms with van der Waals surface area (Å²) in [5.41, 5.74) is 1.39. The quantitative estimate of drug-likeness (QED) is 0.672. The van der Waals surface area contributed by atoms with Gasteiger partial charge in [0.2, 0.25) is 0 Å². The number of hydrogen-bond acceptors (Lipinski definition) is 2. The Hall–Kier alpha value is -1.33. The summed E-state index contributed by atoms with van der Waals surface area (Å²) in [6.07, 6.45) is 2.72. The molecule has 92 valence electrons. The molecule has 1 rings (SSSR count). The van der Waals surface area contributed by atoms with Crippen molar-refractivity contribution in [3.63, 3.8) is 0 Å². The Morgan fingerprint density at radius 3 is 2.59 bits per heavy atom. The first kappa shape index (κ1) is 13.7. The van der Waals surface area contributed by atoms with E-state index in [0.29, 0.717) is 12.5 Å². The van der Waals surface area contributed by atoms with Crippen LogP contribution in [0.15, 0.2) is 30.3 Å². The summed E-state index contributed by atoms with van der Waals surface area (Å²) >= 11 is 0. The molecule has 0 fully saturated rings. The molecule has 0 unspecified atom stereocenters. The minimum absolute atomic E-state index is 0.543. The number of hydrogen-bond donors (Lipinski definition) is 0. The van der Waals surface area contributed by atoms with Crippen LogP contribution in [0.1, 0.15) is 32.3 Å². The average molecular weight is 230 g/mol. The van der Waals surface area contributed by atoms with Crippen LogP contribution in [0, 0.1) is 11.3 Å². The lowest BCUT2D eigenvalue weighted by molar-refractivity contribution is 0.216. The molecular weight excluding hydrogens is 208 g/mol. The second kappa shape index (κ2) is 7.86. The fraction of sp³-hybridized carbons (Fsp3) is 0.533. The standard InChI is InChI=1S/C15H22N2/c1-3-17(12-8-7-11-16)14(2)13-15-9-5-4-6-10-15/h4-6,9-10,14H,3,7-8,12-13H2,1-2H3/t14-/m0/s1. The molecule has 0 heterocycles. The zero-order valence-electron chi connectivity index (χ0n) is 10.9. The van der Waals surface area contributed by atoms with Crippen molar-refractivity contribution < 1.29 is 0 Å². The van der Waals surface area contributed by atoms with Gasteiger partial charge < -0.3 is 4.90 Å². The lowest BCUT2D eigenvalue weighted by atomic mass is 10.1. The average Bonchev–Trinajstić information content (AvgIpc) is 2.36. The smallest absolute Gasteiger partial charge is 0.0622 e. The van der Waals surface area contributed by atoms with Gasteiger partial charge in [-0.15, -0.1) is 0 Å². The van der Waals surface area contributed by atoms with Gasteiger partial charge in [-0.3, -0.25) is 0 Å². The molecular formula is C15H22N2. The largest absolute Gasteiger partial charge is 0.301 e. The van der Waals surface area contributed by atoms with Gasteiger partial charge in [0.1, 0.15) is 0 Å². The van der Waals surface area contributed by atoms with E-state index in [1.165, 1.54) is 5.56 Å². The van der Waals surface area contributed by atoms with Gasteiger partial charge in [-0.25, -0.2) is 0 Å². The van der Waals surface area contributed by atoms with E-state index in [-0.39, 0.29) is 0 Å². The summed E-state index contributed by atoms with van der Waals surface area (Å²) in [6.45, 7) is 6.54. The first-order chi connectivity index (χ1) is 8.27. The Bertz CT molecular complexity index is 340. The number of benzene rings is 1. The van der Waals surface area contributed by atoms with Crippen LogP contribution in [0.3, 0.4) is 0 Å². The minimum Gasteiger partial charge on any atom is -0.301 e. The molecule has 1 aromatic rings. The first-order valence-electron chi connectivity index (χ1n) is 6.42. The third kappa shape index (κ3) is 5.01. The molecule has 0 saturated carbocycles. The molecule has 0 aromatic heterocycles. The zero-order valence-corrected chi connectivity index (χ0v) is 10.9. The monoisotopic (exact) mass is 230 g/mol. The maximum absolute atomic E-state index is 8.56. The van der Waals surface area contributed by atoms with E-state index in [9.17, 15) is 0 Å². The predicted molar refractivity (Wildman–Crippen MR) is 71.7 cm³/mol. The van der Waals surface area contributed by atoms with Crippen LogP contribution in [0.25, 0.3) is 0 Å². The van der Waals surface area contributed by atoms with Crippen LogP contribution in [0.2, 0.25) is 0 Å². The molecule has 0 spiro atoms. The molecule has 1 aromatic carbocycles. The Morgan fingerprint density at radius 1 is 1.29 bits per heavy atom. The zero-order chi connectivity index (χ0) is 12.5. The third-order valence-electron chi connectivity index (χ3n) is 3.14. The van der Waals surface area contributed by atoms with Crippen LogP contribution in [0.4, 0.5) is 0 Å². The SMILES string of the molecule is CCN(CCCC#N)[C@@H](C)Cc1ccccc1. The molecule has 2 heteroatoms. The molecule has 0 saturated heterocycles. The lowest BCUT2D eigenvalue weighted by Gasteiger charge is -2.27. The van der Waals surface area contributed by atoms with Crippen molar-refractivity contribution in [2.24, 2.45) is 0 Å². The molecule has 0 aliphatic heterocycles. The van der Waals surface area contributed by atoms with Gasteiger partial charge in [0.25, 0.3) is 0 Å². The van der Waals surface area contributed by atoms with Crippen molar-refractivity contribution >= 4 is 0 Å². The van der Waals surface area contributed by atoms with E-state index < -0.39 is 0 Å². The number of nitrogens with zero attached hydrogens (tertiary/aromatic N) is 2. The normalized spacial score (nSPS) is 12.4. The van der Waals surface area contributed by atoms with Crippen LogP contribution < -0.4 is 0 Å². The first-order valence-corrected chi connectivity index (χ1v) is 6.42. The minimum atomic E-state index is 0.543. The highest BCUT2D eigenvalue weighted by atomic mass is 15.1. The molecule has 0 aliphatic rings. The van der Waals surface area contributed by atoms with Crippen LogP contribution in [-0.2, 0) is 6.42 Å². The van der Waals surface area contributed by atoms with E-state index in [1.54, 1.807) is 0 Å². The second-order valence-corrected chi connectivity index (χ2v) is 4.43. The van der Waals surface area contributed by atoms with Crippen molar-refractivity contribution in [1.29, 1.82) is 5.26 Å². The molecule has 2 nitrogen and oxygen atoms in total. The van der Waals surface area contributed by atoms with Gasteiger partial charge in [0, 0.05) is 12.5 Å². The summed E-state index contributed by atoms with van der Waals surface area (Å²) < 4.78 is 0. The summed E-state index contributed by atoms with van der Waals surface area (Å²) in [6, 6.07) is 13.3. The van der Waals surface area contributed by atoms with E-state index in [0.717, 1.165) is 25.9 Å². The number of unbranched alkanes of at least 4 members (excludes halogenated alkanes) is 1. The highest BCUT2D eigenvalue weighted by Gasteiger charge is 2.11. The number of likely N-dealkylation sites (N-methyl/N-ethyl adjacent to an activating group) is 1. The molecule has 0 bridgehead atoms. The topological polar surface area (TPSA) is 27.0 Å². The maximum Gasteiger partial charge on any atom is 0.0622 e. The maximum atomic E-state index is 8.56. The van der Waals surface area contributed by atoms with Crippen molar-refractivity contribution in [2.45, 2.75) is 39.2 Å². The van der Waals surface area contributed by atoms with Crippen molar-refractivity contribution in [3.8, 4) is 6.07 Å². The van der Waals surface area contributed by atoms with Gasteiger partial charge in [-0.2, -0.15) is 5.26 Å². The van der Waals surface area contributed by atoms with Gasteiger partial charge >= 0.3 is 0 Å². The lowest BCUT2D eigenvalue weighted by Crippen LogP contribution is -2.35. The van der Waals surface area contributed by atoms with E-state index in [2.05, 4.69) is 55.1 Å².